The molecule has 0 amide bonds. The highest BCUT2D eigenvalue weighted by Gasteiger charge is 2.32. The predicted octanol–water partition coefficient (Wildman–Crippen LogP) is 6.34. The van der Waals surface area contributed by atoms with Crippen molar-refractivity contribution in [1.82, 2.24) is 19.8 Å². The van der Waals surface area contributed by atoms with Gasteiger partial charge in [0, 0.05) is 62.2 Å². The summed E-state index contributed by atoms with van der Waals surface area (Å²) in [6, 6.07) is 10.3. The van der Waals surface area contributed by atoms with Crippen molar-refractivity contribution in [3.05, 3.63) is 56.6 Å². The third-order valence-corrected chi connectivity index (χ3v) is 10.9. The molecule has 2 aromatic carbocycles. The highest BCUT2D eigenvalue weighted by molar-refractivity contribution is 9.10. The van der Waals surface area contributed by atoms with Crippen LogP contribution in [0.5, 0.6) is 0 Å². The molecule has 3 heterocycles. The molecule has 1 atom stereocenters. The maximum atomic E-state index is 12.2. The second kappa shape index (κ2) is 13.6. The molecule has 2 saturated heterocycles. The van der Waals surface area contributed by atoms with E-state index in [0.717, 1.165) is 50.0 Å². The van der Waals surface area contributed by atoms with Crippen LogP contribution in [0.2, 0.25) is 10.0 Å². The Bertz CT molecular complexity index is 1620. The number of hydrogen-bond donors (Lipinski definition) is 2. The lowest BCUT2D eigenvalue weighted by Gasteiger charge is -2.38. The Labute approximate surface area is 278 Å². The summed E-state index contributed by atoms with van der Waals surface area (Å²) in [6.07, 6.45) is 6.30. The molecule has 5 rings (SSSR count). The van der Waals surface area contributed by atoms with Gasteiger partial charge in [-0.25, -0.2) is 13.4 Å². The molecule has 44 heavy (non-hydrogen) atoms. The van der Waals surface area contributed by atoms with Gasteiger partial charge in [-0.15, -0.1) is 0 Å². The van der Waals surface area contributed by atoms with Crippen molar-refractivity contribution in [2.24, 2.45) is 0 Å². The van der Waals surface area contributed by atoms with Crippen LogP contribution in [0.25, 0.3) is 0 Å². The van der Waals surface area contributed by atoms with E-state index in [0.29, 0.717) is 55.4 Å². The van der Waals surface area contributed by atoms with Crippen LogP contribution in [0.1, 0.15) is 24.8 Å². The topological polar surface area (TPSA) is 96.9 Å². The summed E-state index contributed by atoms with van der Waals surface area (Å²) in [5, 5.41) is 7.47. The molecule has 2 N–H and O–H groups in total. The van der Waals surface area contributed by atoms with E-state index in [1.54, 1.807) is 24.4 Å². The fourth-order valence-electron chi connectivity index (χ4n) is 5.93. The largest absolute Gasteiger partial charge is 0.371 e. The summed E-state index contributed by atoms with van der Waals surface area (Å²) in [7, 11) is 2.34. The van der Waals surface area contributed by atoms with Gasteiger partial charge in [0.15, 0.2) is 0 Å². The Balaban J connectivity index is 1.29. The summed E-state index contributed by atoms with van der Waals surface area (Å²) in [4.78, 5) is 16.5. The Hall–Kier alpha value is -2.35. The van der Waals surface area contributed by atoms with E-state index < -0.39 is 10.0 Å². The van der Waals surface area contributed by atoms with Crippen molar-refractivity contribution >= 4 is 83.7 Å². The highest BCUT2D eigenvalue weighted by Crippen LogP contribution is 2.37. The van der Waals surface area contributed by atoms with E-state index in [9.17, 15) is 8.42 Å². The number of rotatable bonds is 9. The van der Waals surface area contributed by atoms with Crippen LogP contribution in [0, 0.1) is 6.92 Å². The van der Waals surface area contributed by atoms with Gasteiger partial charge in [0.1, 0.15) is 5.82 Å². The monoisotopic (exact) mass is 724 g/mol. The van der Waals surface area contributed by atoms with Gasteiger partial charge in [0.2, 0.25) is 16.0 Å². The molecule has 14 heteroatoms. The molecule has 0 spiro atoms. The van der Waals surface area contributed by atoms with Crippen LogP contribution < -0.4 is 19.8 Å². The summed E-state index contributed by atoms with van der Waals surface area (Å²) >= 11 is 16.5. The Morgan fingerprint density at radius 3 is 2.39 bits per heavy atom. The number of aromatic nitrogens is 2. The van der Waals surface area contributed by atoms with Crippen molar-refractivity contribution in [1.29, 1.82) is 0 Å². The molecule has 1 aromatic heterocycles. The number of likely N-dealkylation sites (N-methyl/N-ethyl adjacent to an activating group) is 1. The predicted molar refractivity (Wildman–Crippen MR) is 186 cm³/mol. The van der Waals surface area contributed by atoms with Gasteiger partial charge in [-0.3, -0.25) is 9.21 Å². The molecule has 0 bridgehead atoms. The summed E-state index contributed by atoms with van der Waals surface area (Å²) in [5.74, 6) is 0.752. The Kier molecular flexibility index (Phi) is 10.2. The molecule has 1 unspecified atom stereocenters. The fraction of sp³-hybridized carbons (Fsp3) is 0.467. The van der Waals surface area contributed by atoms with Crippen molar-refractivity contribution in [2.45, 2.75) is 38.3 Å². The second-order valence-electron chi connectivity index (χ2n) is 11.8. The molecular weight excluding hydrogens is 687 g/mol. The lowest BCUT2D eigenvalue weighted by atomic mass is 10.0. The van der Waals surface area contributed by atoms with Gasteiger partial charge in [0.25, 0.3) is 0 Å². The number of hydrogen-bond acceptors (Lipinski definition) is 9. The van der Waals surface area contributed by atoms with Crippen LogP contribution in [0.3, 0.4) is 0 Å². The average Bonchev–Trinajstić information content (AvgIpc) is 3.47. The fourth-order valence-corrected chi connectivity index (χ4v) is 7.11. The van der Waals surface area contributed by atoms with Gasteiger partial charge in [-0.05, 0) is 92.1 Å². The molecule has 0 radical (unpaired) electrons. The van der Waals surface area contributed by atoms with Gasteiger partial charge >= 0.3 is 0 Å². The summed E-state index contributed by atoms with van der Waals surface area (Å²) in [5.41, 5.74) is 3.86. The second-order valence-corrected chi connectivity index (χ2v) is 15.5. The first-order valence-electron chi connectivity index (χ1n) is 14.6. The number of benzene rings is 2. The zero-order valence-corrected chi connectivity index (χ0v) is 29.5. The van der Waals surface area contributed by atoms with Crippen molar-refractivity contribution in [3.8, 4) is 0 Å². The molecular formula is C30H39BrCl2N8O2S. The minimum Gasteiger partial charge on any atom is -0.371 e. The quantitative estimate of drug-likeness (QED) is 0.262. The number of piperidine rings is 1. The van der Waals surface area contributed by atoms with Crippen LogP contribution in [0.15, 0.2) is 41.0 Å². The van der Waals surface area contributed by atoms with Crippen molar-refractivity contribution in [2.75, 3.05) is 73.4 Å². The first kappa shape index (κ1) is 33.0. The highest BCUT2D eigenvalue weighted by atomic mass is 79.9. The summed E-state index contributed by atoms with van der Waals surface area (Å²) < 4.78 is 26.2. The van der Waals surface area contributed by atoms with Gasteiger partial charge < -0.3 is 20.4 Å². The average molecular weight is 727 g/mol. The minimum atomic E-state index is -3.50. The SMILES string of the molecule is Cc1cc(Nc2ncc(Br)c(Nc3cc(Cl)ccc3N(C)S(C)(=O)=O)n2)c(Cl)cc1N1CCC(N2CCC(N(C)C)C2)CC1. The normalized spacial score (nSPS) is 18.2. The third kappa shape index (κ3) is 7.54. The lowest BCUT2D eigenvalue weighted by molar-refractivity contribution is 0.189. The smallest absolute Gasteiger partial charge is 0.232 e. The summed E-state index contributed by atoms with van der Waals surface area (Å²) in [6.45, 7) is 6.45. The zero-order chi connectivity index (χ0) is 31.8. The number of anilines is 6. The van der Waals surface area contributed by atoms with E-state index in [1.165, 1.54) is 24.3 Å². The molecule has 2 fully saturated rings. The van der Waals surface area contributed by atoms with Crippen LogP contribution in [-0.2, 0) is 10.0 Å². The first-order valence-corrected chi connectivity index (χ1v) is 18.0. The molecule has 2 aliphatic rings. The van der Waals surface area contributed by atoms with E-state index in [4.69, 9.17) is 23.2 Å². The van der Waals surface area contributed by atoms with Crippen molar-refractivity contribution < 1.29 is 8.42 Å². The number of aryl methyl sites for hydroxylation is 1. The van der Waals surface area contributed by atoms with Gasteiger partial charge in [-0.2, -0.15) is 4.98 Å². The van der Waals surface area contributed by atoms with Crippen LogP contribution in [-0.4, -0.2) is 93.8 Å². The van der Waals surface area contributed by atoms with E-state index in [1.807, 2.05) is 12.1 Å². The molecule has 0 saturated carbocycles. The maximum absolute atomic E-state index is 12.2. The standard InChI is InChI=1S/C30H39BrCl2N8O2S/c1-19-14-25(24(33)16-28(19)40-11-8-21(9-12-40)41-13-10-22(18-41)38(2)3)36-30-34-17-23(31)29(37-30)35-26-15-20(32)6-7-27(26)39(4)44(5,42)43/h6-7,14-17,21-22H,8-13,18H2,1-5H3,(H2,34,35,36,37). The van der Waals surface area contributed by atoms with Crippen LogP contribution >= 0.6 is 39.1 Å². The molecule has 2 aliphatic heterocycles. The van der Waals surface area contributed by atoms with E-state index in [-0.39, 0.29) is 0 Å². The van der Waals surface area contributed by atoms with E-state index in [2.05, 4.69) is 72.3 Å². The number of nitrogens with zero attached hydrogens (tertiary/aromatic N) is 6. The number of likely N-dealkylation sites (tertiary alicyclic amines) is 1. The van der Waals surface area contributed by atoms with E-state index >= 15 is 0 Å². The van der Waals surface area contributed by atoms with Gasteiger partial charge in [-0.1, -0.05) is 23.2 Å². The number of nitrogens with one attached hydrogen (secondary N) is 2. The first-order chi connectivity index (χ1) is 20.8. The minimum absolute atomic E-state index is 0.326. The molecule has 238 valence electrons. The maximum Gasteiger partial charge on any atom is 0.232 e. The molecule has 0 aliphatic carbocycles. The van der Waals surface area contributed by atoms with Crippen molar-refractivity contribution in [3.63, 3.8) is 0 Å². The number of sulfonamides is 1. The lowest BCUT2D eigenvalue weighted by Crippen LogP contribution is -2.45. The number of halogens is 3. The van der Waals surface area contributed by atoms with Gasteiger partial charge in [0.05, 0.1) is 32.8 Å². The Morgan fingerprint density at radius 2 is 1.73 bits per heavy atom. The third-order valence-electron chi connectivity index (χ3n) is 8.57. The zero-order valence-electron chi connectivity index (χ0n) is 25.6. The molecule has 10 nitrogen and oxygen atoms in total. The molecule has 3 aromatic rings. The Morgan fingerprint density at radius 1 is 1.00 bits per heavy atom. The van der Waals surface area contributed by atoms with Crippen LogP contribution in [0.4, 0.5) is 34.5 Å².